The summed E-state index contributed by atoms with van der Waals surface area (Å²) in [7, 11) is -1.60. The minimum atomic E-state index is -1.60. The van der Waals surface area contributed by atoms with Crippen LogP contribution in [0, 0.1) is 0 Å². The molecule has 0 heterocycles. The molecule has 0 fully saturated rings. The lowest BCUT2D eigenvalue weighted by Crippen LogP contribution is -2.47. The molecular formula is C25H32BNO7. The van der Waals surface area contributed by atoms with Crippen molar-refractivity contribution in [3.63, 3.8) is 0 Å². The highest BCUT2D eigenvalue weighted by Crippen LogP contribution is 2.15. The summed E-state index contributed by atoms with van der Waals surface area (Å²) in [6, 6.07) is 11.7. The predicted molar refractivity (Wildman–Crippen MR) is 129 cm³/mol. The van der Waals surface area contributed by atoms with Crippen LogP contribution in [-0.2, 0) is 20.7 Å². The molecule has 0 aromatic heterocycles. The van der Waals surface area contributed by atoms with Gasteiger partial charge in [-0.2, -0.15) is 0 Å². The normalized spacial score (nSPS) is 12.5. The fraction of sp³-hybridized carbons (Fsp3) is 0.400. The summed E-state index contributed by atoms with van der Waals surface area (Å²) in [6.07, 6.45) is -0.585. The van der Waals surface area contributed by atoms with Crippen LogP contribution in [0.15, 0.2) is 48.5 Å². The number of rotatable bonds is 7. The Bertz CT molecular complexity index is 1000. The maximum atomic E-state index is 12.7. The molecule has 0 bridgehead atoms. The lowest BCUT2D eigenvalue weighted by molar-refractivity contribution is -0.157. The van der Waals surface area contributed by atoms with Crippen LogP contribution in [0.25, 0.3) is 0 Å². The van der Waals surface area contributed by atoms with Gasteiger partial charge in [0.15, 0.2) is 5.78 Å². The van der Waals surface area contributed by atoms with Gasteiger partial charge in [-0.3, -0.25) is 4.79 Å². The molecule has 0 aliphatic rings. The zero-order valence-corrected chi connectivity index (χ0v) is 20.4. The summed E-state index contributed by atoms with van der Waals surface area (Å²) in [4.78, 5) is 37.7. The topological polar surface area (TPSA) is 122 Å². The quantitative estimate of drug-likeness (QED) is 0.323. The van der Waals surface area contributed by atoms with Gasteiger partial charge in [0.25, 0.3) is 0 Å². The molecule has 0 aliphatic carbocycles. The zero-order valence-electron chi connectivity index (χ0n) is 20.4. The van der Waals surface area contributed by atoms with Crippen LogP contribution in [0.2, 0.25) is 0 Å². The van der Waals surface area contributed by atoms with Crippen LogP contribution in [0.4, 0.5) is 4.79 Å². The van der Waals surface area contributed by atoms with Crippen molar-refractivity contribution in [3.8, 4) is 0 Å². The Balaban J connectivity index is 2.16. The number of esters is 1. The highest BCUT2D eigenvalue weighted by Gasteiger charge is 2.29. The second kappa shape index (κ2) is 10.8. The highest BCUT2D eigenvalue weighted by molar-refractivity contribution is 6.58. The fourth-order valence-corrected chi connectivity index (χ4v) is 3.02. The molecule has 34 heavy (non-hydrogen) atoms. The Morgan fingerprint density at radius 1 is 0.824 bits per heavy atom. The maximum absolute atomic E-state index is 12.7. The number of amides is 1. The van der Waals surface area contributed by atoms with Crippen LogP contribution in [-0.4, -0.2) is 52.3 Å². The minimum absolute atomic E-state index is 0.145. The number of carbonyl (C=O) groups excluding carboxylic acids is 3. The number of carbonyl (C=O) groups is 3. The van der Waals surface area contributed by atoms with Gasteiger partial charge in [0.1, 0.15) is 17.2 Å². The third kappa shape index (κ3) is 8.65. The molecule has 9 heteroatoms. The van der Waals surface area contributed by atoms with Crippen molar-refractivity contribution in [1.29, 1.82) is 0 Å². The molecule has 2 rings (SSSR count). The first-order valence-corrected chi connectivity index (χ1v) is 11.0. The van der Waals surface area contributed by atoms with Crippen molar-refractivity contribution in [2.45, 2.75) is 65.2 Å². The van der Waals surface area contributed by atoms with Gasteiger partial charge in [-0.05, 0) is 52.6 Å². The average molecular weight is 469 g/mol. The molecule has 2 aromatic rings. The number of hydrogen-bond acceptors (Lipinski definition) is 7. The summed E-state index contributed by atoms with van der Waals surface area (Å²) < 4.78 is 10.7. The fourth-order valence-electron chi connectivity index (χ4n) is 3.02. The van der Waals surface area contributed by atoms with E-state index in [1.807, 2.05) is 0 Å². The second-order valence-electron chi connectivity index (χ2n) is 9.96. The predicted octanol–water partition coefficient (Wildman–Crippen LogP) is 2.37. The molecule has 2 aromatic carbocycles. The van der Waals surface area contributed by atoms with E-state index >= 15 is 0 Å². The monoisotopic (exact) mass is 469 g/mol. The smallest absolute Gasteiger partial charge is 0.458 e. The van der Waals surface area contributed by atoms with Crippen LogP contribution in [0.1, 0.15) is 63.0 Å². The van der Waals surface area contributed by atoms with Crippen LogP contribution in [0.3, 0.4) is 0 Å². The van der Waals surface area contributed by atoms with Crippen molar-refractivity contribution in [2.24, 2.45) is 0 Å². The van der Waals surface area contributed by atoms with Gasteiger partial charge >= 0.3 is 19.2 Å². The van der Waals surface area contributed by atoms with Gasteiger partial charge < -0.3 is 24.8 Å². The van der Waals surface area contributed by atoms with E-state index in [9.17, 15) is 24.4 Å². The third-order valence-electron chi connectivity index (χ3n) is 4.51. The van der Waals surface area contributed by atoms with Gasteiger partial charge in [-0.25, -0.2) is 9.59 Å². The molecule has 0 spiro atoms. The molecule has 0 radical (unpaired) electrons. The van der Waals surface area contributed by atoms with Crippen molar-refractivity contribution in [3.05, 3.63) is 65.2 Å². The van der Waals surface area contributed by atoms with Gasteiger partial charge in [-0.15, -0.1) is 0 Å². The minimum Gasteiger partial charge on any atom is -0.458 e. The molecule has 8 nitrogen and oxygen atoms in total. The van der Waals surface area contributed by atoms with E-state index < -0.39 is 36.4 Å². The summed E-state index contributed by atoms with van der Waals surface area (Å²) >= 11 is 0. The Hall–Kier alpha value is -3.17. The Labute approximate surface area is 200 Å². The van der Waals surface area contributed by atoms with E-state index in [0.29, 0.717) is 16.7 Å². The molecule has 1 amide bonds. The largest absolute Gasteiger partial charge is 0.488 e. The number of nitrogens with one attached hydrogen (secondary N) is 1. The first kappa shape index (κ1) is 27.1. The first-order valence-electron chi connectivity index (χ1n) is 11.0. The SMILES string of the molecule is CC(C)(C)OC(=O)N[C@@H](Cc1ccc(C(=O)c2ccc(B(O)O)cc2)cc1)C(=O)OC(C)(C)C. The van der Waals surface area contributed by atoms with Crippen molar-refractivity contribution in [1.82, 2.24) is 5.32 Å². The van der Waals surface area contributed by atoms with Gasteiger partial charge in [0, 0.05) is 17.5 Å². The molecule has 0 unspecified atom stereocenters. The number of ether oxygens (including phenoxy) is 2. The number of benzene rings is 2. The van der Waals surface area contributed by atoms with Crippen LogP contribution in [0.5, 0.6) is 0 Å². The average Bonchev–Trinajstić information content (AvgIpc) is 2.70. The van der Waals surface area contributed by atoms with Crippen LogP contribution < -0.4 is 10.8 Å². The molecule has 3 N–H and O–H groups in total. The number of ketones is 1. The third-order valence-corrected chi connectivity index (χ3v) is 4.51. The molecule has 0 saturated carbocycles. The second-order valence-corrected chi connectivity index (χ2v) is 9.96. The summed E-state index contributed by atoms with van der Waals surface area (Å²) in [5, 5.41) is 21.0. The lowest BCUT2D eigenvalue weighted by Gasteiger charge is -2.26. The van der Waals surface area contributed by atoms with E-state index in [0.717, 1.165) is 0 Å². The van der Waals surface area contributed by atoms with E-state index in [2.05, 4.69) is 5.32 Å². The Morgan fingerprint density at radius 3 is 1.74 bits per heavy atom. The maximum Gasteiger partial charge on any atom is 0.488 e. The van der Waals surface area contributed by atoms with Crippen LogP contribution >= 0.6 is 0 Å². The van der Waals surface area contributed by atoms with Gasteiger partial charge in [-0.1, -0.05) is 48.5 Å². The first-order chi connectivity index (χ1) is 15.6. The van der Waals surface area contributed by atoms with Crippen molar-refractivity contribution >= 4 is 30.4 Å². The standard InChI is InChI=1S/C25H32BNO7/c1-24(2,3)33-22(29)20(27-23(30)34-25(4,5)6)15-16-7-9-17(10-8-16)21(28)18-11-13-19(14-12-18)26(31)32/h7-14,20,31-32H,15H2,1-6H3,(H,27,30)/t20-/m0/s1. The zero-order chi connectivity index (χ0) is 25.7. The number of hydrogen-bond donors (Lipinski definition) is 3. The van der Waals surface area contributed by atoms with E-state index in [-0.39, 0.29) is 17.7 Å². The summed E-state index contributed by atoms with van der Waals surface area (Å²) in [6.45, 7) is 10.4. The van der Waals surface area contributed by atoms with E-state index in [1.165, 1.54) is 24.3 Å². The number of alkyl carbamates (subject to hydrolysis) is 1. The molecule has 1 atom stereocenters. The Kier molecular flexibility index (Phi) is 8.64. The lowest BCUT2D eigenvalue weighted by atomic mass is 9.80. The molecule has 182 valence electrons. The van der Waals surface area contributed by atoms with Crippen molar-refractivity contribution < 1.29 is 33.9 Å². The Morgan fingerprint density at radius 2 is 1.29 bits per heavy atom. The highest BCUT2D eigenvalue weighted by atomic mass is 16.6. The van der Waals surface area contributed by atoms with Crippen molar-refractivity contribution in [2.75, 3.05) is 0 Å². The van der Waals surface area contributed by atoms with Gasteiger partial charge in [0.2, 0.25) is 0 Å². The summed E-state index contributed by atoms with van der Waals surface area (Å²) in [5.74, 6) is -0.828. The molecule has 0 aliphatic heterocycles. The van der Waals surface area contributed by atoms with Gasteiger partial charge in [0.05, 0.1) is 0 Å². The molecular weight excluding hydrogens is 437 g/mol. The van der Waals surface area contributed by atoms with E-state index in [1.54, 1.807) is 65.8 Å². The summed E-state index contributed by atoms with van der Waals surface area (Å²) in [5.41, 5.74) is 0.367. The van der Waals surface area contributed by atoms with E-state index in [4.69, 9.17) is 9.47 Å². The molecule has 0 saturated heterocycles.